The molecule has 0 aliphatic carbocycles. The fourth-order valence-electron chi connectivity index (χ4n) is 1.60. The van der Waals surface area contributed by atoms with Crippen molar-refractivity contribution in [2.45, 2.75) is 26.1 Å². The van der Waals surface area contributed by atoms with Crippen LogP contribution in [0.1, 0.15) is 13.3 Å². The van der Waals surface area contributed by atoms with Gasteiger partial charge in [0.15, 0.2) is 6.10 Å². The number of ether oxygens (including phenoxy) is 2. The zero-order chi connectivity index (χ0) is 18.1. The normalized spacial score (nSPS) is 11.5. The number of primary amides is 1. The van der Waals surface area contributed by atoms with Gasteiger partial charge in [-0.2, -0.15) is 8.78 Å². The smallest absolute Gasteiger partial charge is 0.387 e. The third-order valence-corrected chi connectivity index (χ3v) is 2.67. The fraction of sp³-hybridized carbons (Fsp3) is 0.357. The molecule has 132 valence electrons. The second-order valence-corrected chi connectivity index (χ2v) is 4.54. The maximum absolute atomic E-state index is 12.3. The highest BCUT2D eigenvalue weighted by Gasteiger charge is 2.19. The van der Waals surface area contributed by atoms with Crippen molar-refractivity contribution in [1.82, 2.24) is 5.32 Å². The van der Waals surface area contributed by atoms with E-state index in [0.717, 1.165) is 0 Å². The number of halogens is 2. The summed E-state index contributed by atoms with van der Waals surface area (Å²) < 4.78 is 33.7. The summed E-state index contributed by atoms with van der Waals surface area (Å²) in [6.45, 7) is -1.77. The molecule has 3 amide bonds. The van der Waals surface area contributed by atoms with Gasteiger partial charge < -0.3 is 25.8 Å². The molecule has 24 heavy (non-hydrogen) atoms. The van der Waals surface area contributed by atoms with Crippen LogP contribution in [0.5, 0.6) is 5.75 Å². The highest BCUT2D eigenvalue weighted by atomic mass is 19.3. The average Bonchev–Trinajstić information content (AvgIpc) is 2.48. The van der Waals surface area contributed by atoms with Crippen molar-refractivity contribution >= 4 is 23.6 Å². The van der Waals surface area contributed by atoms with Crippen LogP contribution in [-0.2, 0) is 14.3 Å². The molecule has 0 radical (unpaired) electrons. The highest BCUT2D eigenvalue weighted by Crippen LogP contribution is 2.25. The molecule has 0 aliphatic heterocycles. The molecule has 0 fully saturated rings. The van der Waals surface area contributed by atoms with Crippen molar-refractivity contribution in [3.63, 3.8) is 0 Å². The summed E-state index contributed by atoms with van der Waals surface area (Å²) in [4.78, 5) is 33.9. The highest BCUT2D eigenvalue weighted by molar-refractivity contribution is 5.96. The summed E-state index contributed by atoms with van der Waals surface area (Å²) in [7, 11) is 0. The van der Waals surface area contributed by atoms with E-state index in [1.807, 2.05) is 0 Å². The van der Waals surface area contributed by atoms with Gasteiger partial charge in [0.05, 0.1) is 12.1 Å². The van der Waals surface area contributed by atoms with Gasteiger partial charge in [-0.05, 0) is 19.1 Å². The average molecular weight is 345 g/mol. The largest absolute Gasteiger partial charge is 0.452 e. The molecule has 8 nitrogen and oxygen atoms in total. The summed E-state index contributed by atoms with van der Waals surface area (Å²) in [5, 5.41) is 4.53. The van der Waals surface area contributed by atoms with E-state index >= 15 is 0 Å². The first-order chi connectivity index (χ1) is 11.3. The number of nitrogens with two attached hydrogens (primary N) is 1. The van der Waals surface area contributed by atoms with Gasteiger partial charge in [0, 0.05) is 6.54 Å². The van der Waals surface area contributed by atoms with Crippen molar-refractivity contribution in [3.05, 3.63) is 24.3 Å². The summed E-state index contributed by atoms with van der Waals surface area (Å²) in [6.07, 6.45) is -1.35. The number of amides is 3. The first kappa shape index (κ1) is 19.1. The van der Waals surface area contributed by atoms with E-state index in [1.165, 1.54) is 31.2 Å². The summed E-state index contributed by atoms with van der Waals surface area (Å²) >= 11 is 0. The Hall–Kier alpha value is -2.91. The zero-order valence-corrected chi connectivity index (χ0v) is 12.8. The first-order valence-electron chi connectivity index (χ1n) is 6.87. The molecule has 1 atom stereocenters. The van der Waals surface area contributed by atoms with E-state index in [2.05, 4.69) is 15.4 Å². The van der Waals surface area contributed by atoms with E-state index in [4.69, 9.17) is 10.5 Å². The number of hydrogen-bond donors (Lipinski definition) is 3. The Labute approximate surface area is 136 Å². The number of rotatable bonds is 8. The fourth-order valence-corrected chi connectivity index (χ4v) is 1.60. The van der Waals surface area contributed by atoms with Crippen LogP contribution in [0.15, 0.2) is 24.3 Å². The Bertz CT molecular complexity index is 598. The topological polar surface area (TPSA) is 120 Å². The molecular weight excluding hydrogens is 328 g/mol. The van der Waals surface area contributed by atoms with E-state index in [0.29, 0.717) is 0 Å². The van der Waals surface area contributed by atoms with E-state index in [9.17, 15) is 23.2 Å². The molecule has 0 aliphatic rings. The van der Waals surface area contributed by atoms with Gasteiger partial charge in [-0.15, -0.1) is 0 Å². The molecule has 1 aromatic carbocycles. The summed E-state index contributed by atoms with van der Waals surface area (Å²) in [5.74, 6) is -1.68. The number of carbonyl (C=O) groups excluding carboxylic acids is 3. The molecule has 4 N–H and O–H groups in total. The molecule has 1 rings (SSSR count). The lowest BCUT2D eigenvalue weighted by Gasteiger charge is -2.15. The lowest BCUT2D eigenvalue weighted by Crippen LogP contribution is -2.33. The van der Waals surface area contributed by atoms with E-state index < -0.39 is 30.6 Å². The molecular formula is C14H17F2N3O5. The third-order valence-electron chi connectivity index (χ3n) is 2.67. The Kier molecular flexibility index (Phi) is 7.40. The minimum Gasteiger partial charge on any atom is -0.452 e. The van der Waals surface area contributed by atoms with Gasteiger partial charge in [-0.25, -0.2) is 4.79 Å². The van der Waals surface area contributed by atoms with Crippen LogP contribution in [-0.4, -0.2) is 37.2 Å². The number of para-hydroxylation sites is 2. The lowest BCUT2D eigenvalue weighted by atomic mass is 10.2. The number of esters is 1. The molecule has 10 heteroatoms. The van der Waals surface area contributed by atoms with Crippen LogP contribution >= 0.6 is 0 Å². The van der Waals surface area contributed by atoms with Crippen molar-refractivity contribution in [2.75, 3.05) is 11.9 Å². The van der Waals surface area contributed by atoms with Crippen LogP contribution in [0.25, 0.3) is 0 Å². The Morgan fingerprint density at radius 2 is 1.92 bits per heavy atom. The van der Waals surface area contributed by atoms with E-state index in [1.54, 1.807) is 0 Å². The molecule has 0 bridgehead atoms. The maximum atomic E-state index is 12.3. The molecule has 0 unspecified atom stereocenters. The number of carbonyl (C=O) groups is 3. The second kappa shape index (κ2) is 9.28. The van der Waals surface area contributed by atoms with Gasteiger partial charge >= 0.3 is 18.6 Å². The van der Waals surface area contributed by atoms with Crippen molar-refractivity contribution in [1.29, 1.82) is 0 Å². The van der Waals surface area contributed by atoms with Crippen molar-refractivity contribution < 1.29 is 32.6 Å². The Balaban J connectivity index is 2.55. The van der Waals surface area contributed by atoms with E-state index in [-0.39, 0.29) is 24.4 Å². The maximum Gasteiger partial charge on any atom is 0.387 e. The van der Waals surface area contributed by atoms with Gasteiger partial charge in [0.25, 0.3) is 5.91 Å². The number of anilines is 1. The molecule has 0 spiro atoms. The Morgan fingerprint density at radius 1 is 1.25 bits per heavy atom. The minimum absolute atomic E-state index is 0.0149. The van der Waals surface area contributed by atoms with Crippen molar-refractivity contribution in [3.8, 4) is 5.75 Å². The predicted octanol–water partition coefficient (Wildman–Crippen LogP) is 1.22. The van der Waals surface area contributed by atoms with Crippen LogP contribution in [0.3, 0.4) is 0 Å². The van der Waals surface area contributed by atoms with Crippen LogP contribution < -0.4 is 21.1 Å². The van der Waals surface area contributed by atoms with Crippen molar-refractivity contribution in [2.24, 2.45) is 5.73 Å². The number of nitrogens with one attached hydrogen (secondary N) is 2. The third kappa shape index (κ3) is 6.90. The summed E-state index contributed by atoms with van der Waals surface area (Å²) in [5.41, 5.74) is 4.85. The van der Waals surface area contributed by atoms with Gasteiger partial charge in [-0.3, -0.25) is 9.59 Å². The monoisotopic (exact) mass is 345 g/mol. The molecule has 0 saturated carbocycles. The van der Waals surface area contributed by atoms with Gasteiger partial charge in [-0.1, -0.05) is 12.1 Å². The lowest BCUT2D eigenvalue weighted by molar-refractivity contribution is -0.153. The standard InChI is InChI=1S/C14H17F2N3O5/c1-8(23-11(20)6-7-18-14(17)22)12(21)19-9-4-2-3-5-10(9)24-13(15)16/h2-5,8,13H,6-7H2,1H3,(H,19,21)(H3,17,18,22)/t8-/m0/s1. The zero-order valence-electron chi connectivity index (χ0n) is 12.8. The number of urea groups is 1. The van der Waals surface area contributed by atoms with Crippen LogP contribution in [0, 0.1) is 0 Å². The van der Waals surface area contributed by atoms with Crippen LogP contribution in [0.2, 0.25) is 0 Å². The first-order valence-corrected chi connectivity index (χ1v) is 6.87. The van der Waals surface area contributed by atoms with Gasteiger partial charge in [0.2, 0.25) is 0 Å². The Morgan fingerprint density at radius 3 is 2.54 bits per heavy atom. The second-order valence-electron chi connectivity index (χ2n) is 4.54. The molecule has 0 aromatic heterocycles. The molecule has 0 saturated heterocycles. The molecule has 1 aromatic rings. The predicted molar refractivity (Wildman–Crippen MR) is 79.5 cm³/mol. The molecule has 0 heterocycles. The minimum atomic E-state index is -3.05. The quantitative estimate of drug-likeness (QED) is 0.612. The SMILES string of the molecule is C[C@H](OC(=O)CCNC(N)=O)C(=O)Nc1ccccc1OC(F)F. The number of benzene rings is 1. The van der Waals surface area contributed by atoms with Gasteiger partial charge in [0.1, 0.15) is 5.75 Å². The number of hydrogen-bond acceptors (Lipinski definition) is 5. The van der Waals surface area contributed by atoms with Crippen LogP contribution in [0.4, 0.5) is 19.3 Å². The number of alkyl halides is 2. The summed E-state index contributed by atoms with van der Waals surface area (Å²) in [6, 6.07) is 4.81.